The second-order valence-corrected chi connectivity index (χ2v) is 10.9. The van der Waals surface area contributed by atoms with Crippen molar-refractivity contribution in [1.29, 1.82) is 0 Å². The molecule has 0 radical (unpaired) electrons. The van der Waals surface area contributed by atoms with Crippen LogP contribution in [0.2, 0.25) is 0 Å². The first-order valence-corrected chi connectivity index (χ1v) is 12.5. The second kappa shape index (κ2) is 9.13. The monoisotopic (exact) mass is 437 g/mol. The topological polar surface area (TPSA) is 70.4 Å². The molecule has 2 saturated carbocycles. The molecule has 0 aliphatic heterocycles. The third-order valence-corrected chi connectivity index (χ3v) is 9.10. The molecular formula is C28H39NO3. The first kappa shape index (κ1) is 23.2. The summed E-state index contributed by atoms with van der Waals surface area (Å²) in [6.45, 7) is 6.87. The van der Waals surface area contributed by atoms with Crippen molar-refractivity contribution in [2.45, 2.75) is 84.7 Å². The fraction of sp³-hybridized carbons (Fsp3) is 0.643. The summed E-state index contributed by atoms with van der Waals surface area (Å²) in [5, 5.41) is 18.1. The molecule has 4 aliphatic rings. The van der Waals surface area contributed by atoms with E-state index < -0.39 is 5.97 Å². The summed E-state index contributed by atoms with van der Waals surface area (Å²) in [5.41, 5.74) is 5.09. The minimum atomic E-state index is -0.711. The molecule has 4 heteroatoms. The van der Waals surface area contributed by atoms with Gasteiger partial charge in [-0.05, 0) is 97.2 Å². The molecule has 5 rings (SSSR count). The summed E-state index contributed by atoms with van der Waals surface area (Å²) in [7, 11) is 0. The summed E-state index contributed by atoms with van der Waals surface area (Å²) >= 11 is 0. The number of aliphatic hydroxyl groups excluding tert-OH is 1. The van der Waals surface area contributed by atoms with Gasteiger partial charge in [-0.15, -0.1) is 0 Å². The fourth-order valence-electron chi connectivity index (χ4n) is 7.39. The third kappa shape index (κ3) is 4.07. The van der Waals surface area contributed by atoms with Crippen LogP contribution in [0.5, 0.6) is 0 Å². The number of aliphatic carboxylic acids is 1. The van der Waals surface area contributed by atoms with E-state index in [1.54, 1.807) is 11.1 Å². The summed E-state index contributed by atoms with van der Waals surface area (Å²) in [6, 6.07) is 4.31. The zero-order valence-corrected chi connectivity index (χ0v) is 19.9. The van der Waals surface area contributed by atoms with Crippen molar-refractivity contribution in [3.05, 3.63) is 47.8 Å². The van der Waals surface area contributed by atoms with Crippen LogP contribution in [0, 0.1) is 28.6 Å². The Morgan fingerprint density at radius 1 is 1.12 bits per heavy atom. The molecule has 0 spiro atoms. The number of pyridine rings is 1. The van der Waals surface area contributed by atoms with Gasteiger partial charge in [-0.1, -0.05) is 44.6 Å². The molecule has 0 amide bonds. The predicted molar refractivity (Wildman–Crippen MR) is 128 cm³/mol. The minimum absolute atomic E-state index is 0.106. The standard InChI is InChI=1S/C24H31NO.C4H8O2/c1-23-11-9-18(26)14-17(23)5-6-19-21-8-7-20(16-4-3-13-25-15-16)24(21,2)12-10-22(19)23;1-2-3-4(5)6/h3-5,7,13,15,18-19,21-22,26H,6,8-12,14H2,1-2H3;2-3H2,1H3,(H,5,6)/t18-,19-,21-,22-,23-,24+;/m0./s1. The van der Waals surface area contributed by atoms with Gasteiger partial charge in [-0.2, -0.15) is 0 Å². The molecule has 1 aromatic heterocycles. The maximum absolute atomic E-state index is 10.2. The number of aromatic nitrogens is 1. The zero-order chi connectivity index (χ0) is 22.9. The van der Waals surface area contributed by atoms with Crippen molar-refractivity contribution >= 4 is 11.5 Å². The Morgan fingerprint density at radius 3 is 2.56 bits per heavy atom. The van der Waals surface area contributed by atoms with E-state index in [2.05, 4.69) is 43.1 Å². The minimum Gasteiger partial charge on any atom is -0.481 e. The van der Waals surface area contributed by atoms with Gasteiger partial charge in [-0.25, -0.2) is 0 Å². The Bertz CT molecular complexity index is 891. The van der Waals surface area contributed by atoms with Crippen LogP contribution < -0.4 is 0 Å². The lowest BCUT2D eigenvalue weighted by Gasteiger charge is -2.57. The Morgan fingerprint density at radius 2 is 1.91 bits per heavy atom. The predicted octanol–water partition coefficient (Wildman–Crippen LogP) is 6.27. The van der Waals surface area contributed by atoms with Gasteiger partial charge in [0.25, 0.3) is 0 Å². The maximum atomic E-state index is 10.2. The van der Waals surface area contributed by atoms with Gasteiger partial charge in [-0.3, -0.25) is 9.78 Å². The number of hydrogen-bond donors (Lipinski definition) is 2. The molecule has 2 fully saturated rings. The lowest BCUT2D eigenvalue weighted by molar-refractivity contribution is -0.137. The summed E-state index contributed by atoms with van der Waals surface area (Å²) < 4.78 is 0. The highest BCUT2D eigenvalue weighted by Crippen LogP contribution is 2.66. The summed E-state index contributed by atoms with van der Waals surface area (Å²) in [4.78, 5) is 14.0. The number of nitrogens with zero attached hydrogens (tertiary/aromatic N) is 1. The number of hydrogen-bond acceptors (Lipinski definition) is 3. The van der Waals surface area contributed by atoms with Crippen LogP contribution in [-0.4, -0.2) is 27.3 Å². The van der Waals surface area contributed by atoms with Gasteiger partial charge >= 0.3 is 5.97 Å². The van der Waals surface area contributed by atoms with E-state index in [0.29, 0.717) is 17.3 Å². The van der Waals surface area contributed by atoms with E-state index >= 15 is 0 Å². The molecule has 0 unspecified atom stereocenters. The normalized spacial score (nSPS) is 37.6. The summed E-state index contributed by atoms with van der Waals surface area (Å²) in [6.07, 6.45) is 18.0. The molecule has 4 aliphatic carbocycles. The number of aliphatic hydroxyl groups is 1. The molecule has 6 atom stereocenters. The quantitative estimate of drug-likeness (QED) is 0.547. The lowest BCUT2D eigenvalue weighted by atomic mass is 9.47. The van der Waals surface area contributed by atoms with E-state index in [9.17, 15) is 9.90 Å². The van der Waals surface area contributed by atoms with E-state index in [1.807, 2.05) is 19.3 Å². The van der Waals surface area contributed by atoms with E-state index in [0.717, 1.165) is 37.0 Å². The molecule has 0 aromatic carbocycles. The van der Waals surface area contributed by atoms with Gasteiger partial charge in [0, 0.05) is 18.8 Å². The van der Waals surface area contributed by atoms with Gasteiger partial charge in [0.1, 0.15) is 0 Å². The molecule has 32 heavy (non-hydrogen) atoms. The Labute approximate surface area is 192 Å². The molecule has 4 nitrogen and oxygen atoms in total. The SMILES string of the molecule is CCCC(=O)O.C[C@]12CC[C@H](O)CC1=CC[C@@H]1[C@@H]2CC[C@]2(C)C(c3cccnc3)=CC[C@@H]12. The number of carbonyl (C=O) groups is 1. The second-order valence-electron chi connectivity index (χ2n) is 10.9. The number of carboxylic acid groups (broad SMARTS) is 1. The van der Waals surface area contributed by atoms with Crippen molar-refractivity contribution in [2.75, 3.05) is 0 Å². The Hall–Kier alpha value is -1.94. The van der Waals surface area contributed by atoms with E-state index in [1.165, 1.54) is 37.7 Å². The van der Waals surface area contributed by atoms with Crippen LogP contribution in [0.3, 0.4) is 0 Å². The fourth-order valence-corrected chi connectivity index (χ4v) is 7.39. The van der Waals surface area contributed by atoms with Crippen molar-refractivity contribution in [2.24, 2.45) is 28.6 Å². The molecular weight excluding hydrogens is 398 g/mol. The number of fused-ring (bicyclic) bond motifs is 5. The van der Waals surface area contributed by atoms with E-state index in [4.69, 9.17) is 5.11 Å². The molecule has 0 bridgehead atoms. The highest BCUT2D eigenvalue weighted by atomic mass is 16.4. The highest BCUT2D eigenvalue weighted by Gasteiger charge is 2.56. The van der Waals surface area contributed by atoms with Crippen LogP contribution in [0.25, 0.3) is 5.57 Å². The van der Waals surface area contributed by atoms with Crippen molar-refractivity contribution in [3.63, 3.8) is 0 Å². The first-order valence-electron chi connectivity index (χ1n) is 12.5. The molecule has 0 saturated heterocycles. The van der Waals surface area contributed by atoms with Gasteiger partial charge in [0.05, 0.1) is 6.10 Å². The highest BCUT2D eigenvalue weighted by molar-refractivity contribution is 5.72. The Kier molecular flexibility index (Phi) is 6.63. The average molecular weight is 438 g/mol. The number of carboxylic acids is 1. The Balaban J connectivity index is 0.000000363. The van der Waals surface area contributed by atoms with Crippen LogP contribution in [-0.2, 0) is 4.79 Å². The van der Waals surface area contributed by atoms with Crippen molar-refractivity contribution in [3.8, 4) is 0 Å². The maximum Gasteiger partial charge on any atom is 0.303 e. The van der Waals surface area contributed by atoms with Crippen LogP contribution in [0.1, 0.15) is 84.1 Å². The molecule has 1 heterocycles. The number of allylic oxidation sites excluding steroid dienone is 3. The molecule has 2 N–H and O–H groups in total. The average Bonchev–Trinajstić information content (AvgIpc) is 3.12. The van der Waals surface area contributed by atoms with Crippen LogP contribution in [0.4, 0.5) is 0 Å². The van der Waals surface area contributed by atoms with E-state index in [-0.39, 0.29) is 6.10 Å². The van der Waals surface area contributed by atoms with Gasteiger partial charge < -0.3 is 10.2 Å². The number of rotatable bonds is 3. The summed E-state index contributed by atoms with van der Waals surface area (Å²) in [5.74, 6) is 1.65. The van der Waals surface area contributed by atoms with Gasteiger partial charge in [0.15, 0.2) is 0 Å². The largest absolute Gasteiger partial charge is 0.481 e. The first-order chi connectivity index (χ1) is 15.3. The van der Waals surface area contributed by atoms with Crippen LogP contribution in [0.15, 0.2) is 42.3 Å². The smallest absolute Gasteiger partial charge is 0.303 e. The zero-order valence-electron chi connectivity index (χ0n) is 19.9. The third-order valence-electron chi connectivity index (χ3n) is 9.10. The van der Waals surface area contributed by atoms with Crippen LogP contribution >= 0.6 is 0 Å². The van der Waals surface area contributed by atoms with Crippen molar-refractivity contribution in [1.82, 2.24) is 4.98 Å². The van der Waals surface area contributed by atoms with Crippen molar-refractivity contribution < 1.29 is 15.0 Å². The van der Waals surface area contributed by atoms with Gasteiger partial charge in [0.2, 0.25) is 0 Å². The lowest BCUT2D eigenvalue weighted by Crippen LogP contribution is -2.49. The molecule has 1 aromatic rings. The molecule has 174 valence electrons.